The summed E-state index contributed by atoms with van der Waals surface area (Å²) in [6, 6.07) is 18.3. The van der Waals surface area contributed by atoms with Gasteiger partial charge in [0.1, 0.15) is 30.0 Å². The molecule has 0 aliphatic carbocycles. The van der Waals surface area contributed by atoms with Gasteiger partial charge >= 0.3 is 18.2 Å². The van der Waals surface area contributed by atoms with Gasteiger partial charge < -0.3 is 29.3 Å². The molecule has 50 heavy (non-hydrogen) atoms. The summed E-state index contributed by atoms with van der Waals surface area (Å²) < 4.78 is 45.9. The van der Waals surface area contributed by atoms with Crippen LogP contribution < -0.4 is 10.1 Å². The van der Waals surface area contributed by atoms with Crippen molar-refractivity contribution in [3.8, 4) is 5.75 Å². The van der Waals surface area contributed by atoms with Gasteiger partial charge in [0.05, 0.1) is 4.90 Å². The third-order valence-electron chi connectivity index (χ3n) is 7.62. The third-order valence-corrected chi connectivity index (χ3v) is 9.44. The Kier molecular flexibility index (Phi) is 12.2. The van der Waals surface area contributed by atoms with Crippen molar-refractivity contribution in [3.05, 3.63) is 95.6 Å². The molecule has 0 spiro atoms. The molecule has 0 saturated carbocycles. The molecule has 0 aromatic heterocycles. The molecule has 3 amide bonds. The Morgan fingerprint density at radius 1 is 0.920 bits per heavy atom. The average Bonchev–Trinajstić information content (AvgIpc) is 3.07. The van der Waals surface area contributed by atoms with Crippen molar-refractivity contribution >= 4 is 34.1 Å². The zero-order valence-electron chi connectivity index (χ0n) is 29.1. The number of carbonyl (C=O) groups excluding carboxylic acids is 4. The van der Waals surface area contributed by atoms with Gasteiger partial charge in [-0.05, 0) is 63.1 Å². The van der Waals surface area contributed by atoms with E-state index in [2.05, 4.69) is 5.32 Å². The van der Waals surface area contributed by atoms with Crippen LogP contribution in [0.5, 0.6) is 5.75 Å². The van der Waals surface area contributed by atoms with E-state index < -0.39 is 51.8 Å². The fraction of sp³-hybridized carbons (Fsp3) is 0.389. The topological polar surface area (TPSA) is 152 Å². The summed E-state index contributed by atoms with van der Waals surface area (Å²) in [5.41, 5.74) is 1.01. The van der Waals surface area contributed by atoms with E-state index in [0.29, 0.717) is 9.87 Å². The summed E-state index contributed by atoms with van der Waals surface area (Å²) in [5.74, 6) is -1.66. The Morgan fingerprint density at radius 2 is 1.56 bits per heavy atom. The quantitative estimate of drug-likeness (QED) is 0.305. The molecule has 268 valence electrons. The predicted molar refractivity (Wildman–Crippen MR) is 185 cm³/mol. The number of carbonyl (C=O) groups is 4. The minimum atomic E-state index is -4.67. The first-order valence-corrected chi connectivity index (χ1v) is 17.5. The highest BCUT2D eigenvalue weighted by Gasteiger charge is 2.45. The molecule has 0 bridgehead atoms. The lowest BCUT2D eigenvalue weighted by Gasteiger charge is -2.37. The Bertz CT molecular complexity index is 1760. The molecule has 1 fully saturated rings. The van der Waals surface area contributed by atoms with E-state index in [1.165, 1.54) is 48.2 Å². The molecule has 13 nitrogen and oxygen atoms in total. The highest BCUT2D eigenvalue weighted by Crippen LogP contribution is 2.26. The lowest BCUT2D eigenvalue weighted by molar-refractivity contribution is -0.162. The van der Waals surface area contributed by atoms with Crippen LogP contribution in [-0.2, 0) is 42.1 Å². The first-order valence-electron chi connectivity index (χ1n) is 16.1. The number of amides is 3. The van der Waals surface area contributed by atoms with Gasteiger partial charge in [0, 0.05) is 40.2 Å². The van der Waals surface area contributed by atoms with Crippen molar-refractivity contribution < 1.29 is 41.8 Å². The van der Waals surface area contributed by atoms with Gasteiger partial charge in [0.15, 0.2) is 0 Å². The Balaban J connectivity index is 1.70. The second-order valence-corrected chi connectivity index (χ2v) is 14.9. The number of esters is 1. The zero-order valence-corrected chi connectivity index (χ0v) is 29.9. The van der Waals surface area contributed by atoms with E-state index in [0.717, 1.165) is 11.1 Å². The molecular formula is C36H44N4O9S. The van der Waals surface area contributed by atoms with E-state index in [4.69, 9.17) is 14.2 Å². The molecule has 14 heteroatoms. The van der Waals surface area contributed by atoms with Crippen LogP contribution in [0.2, 0.25) is 0 Å². The molecule has 1 heterocycles. The van der Waals surface area contributed by atoms with Crippen molar-refractivity contribution in [1.29, 1.82) is 0 Å². The molecule has 0 radical (unpaired) electrons. The van der Waals surface area contributed by atoms with Gasteiger partial charge in [-0.1, -0.05) is 60.2 Å². The van der Waals surface area contributed by atoms with Crippen LogP contribution in [0.4, 0.5) is 9.59 Å². The van der Waals surface area contributed by atoms with E-state index in [-0.39, 0.29) is 43.3 Å². The van der Waals surface area contributed by atoms with Crippen LogP contribution >= 0.6 is 0 Å². The number of rotatable bonds is 10. The zero-order chi connectivity index (χ0) is 36.6. The minimum absolute atomic E-state index is 0.0179. The first-order chi connectivity index (χ1) is 23.5. The van der Waals surface area contributed by atoms with Gasteiger partial charge in [0.25, 0.3) is 15.9 Å². The number of hydrogen-bond acceptors (Lipinski definition) is 10. The van der Waals surface area contributed by atoms with Gasteiger partial charge in [-0.15, -0.1) is 0 Å². The molecule has 1 unspecified atom stereocenters. The molecule has 1 aliphatic rings. The van der Waals surface area contributed by atoms with E-state index >= 15 is 0 Å². The second-order valence-electron chi connectivity index (χ2n) is 13.1. The maximum absolute atomic E-state index is 14.5. The largest absolute Gasteiger partial charge is 0.458 e. The standard InChI is InChI=1S/C36H44N4O9S/c1-25-12-18-29(19-13-25)50(45,46)40(32(41)30-23-39(21-20-37-30)35(44)47-24-27-10-8-7-9-11-27)31(33(42)49-36(2,3)4)22-26-14-16-28(17-15-26)48-34(43)38(5)6/h7-19,30-31,37H,20-24H2,1-6H3/t30?,31-/m0/s1. The van der Waals surface area contributed by atoms with Gasteiger partial charge in [-0.2, -0.15) is 0 Å². The normalized spacial score (nSPS) is 15.4. The Labute approximate surface area is 293 Å². The van der Waals surface area contributed by atoms with Crippen molar-refractivity contribution in [3.63, 3.8) is 0 Å². The highest BCUT2D eigenvalue weighted by molar-refractivity contribution is 7.89. The molecule has 1 saturated heterocycles. The summed E-state index contributed by atoms with van der Waals surface area (Å²) >= 11 is 0. The molecular weight excluding hydrogens is 664 g/mol. The predicted octanol–water partition coefficient (Wildman–Crippen LogP) is 4.14. The van der Waals surface area contributed by atoms with Crippen molar-refractivity contribution in [2.75, 3.05) is 33.7 Å². The SMILES string of the molecule is Cc1ccc(S(=O)(=O)N(C(=O)C2CN(C(=O)OCc3ccccc3)CCN2)[C@@H](Cc2ccc(OC(=O)N(C)C)cc2)C(=O)OC(C)(C)C)cc1. The molecule has 1 N–H and O–H groups in total. The fourth-order valence-electron chi connectivity index (χ4n) is 5.05. The second kappa shape index (κ2) is 16.2. The van der Waals surface area contributed by atoms with Crippen LogP contribution in [0.15, 0.2) is 83.8 Å². The van der Waals surface area contributed by atoms with Crippen LogP contribution in [0.25, 0.3) is 0 Å². The number of sulfonamides is 1. The number of aryl methyl sites for hydroxylation is 1. The molecule has 1 aliphatic heterocycles. The summed E-state index contributed by atoms with van der Waals surface area (Å²) in [5, 5.41) is 3.02. The van der Waals surface area contributed by atoms with E-state index in [1.54, 1.807) is 52.0 Å². The van der Waals surface area contributed by atoms with Crippen LogP contribution in [0.3, 0.4) is 0 Å². The molecule has 2 atom stereocenters. The minimum Gasteiger partial charge on any atom is -0.458 e. The lowest BCUT2D eigenvalue weighted by Crippen LogP contribution is -2.62. The third kappa shape index (κ3) is 10.0. The number of benzene rings is 3. The number of hydrogen-bond donors (Lipinski definition) is 1. The molecule has 3 aromatic carbocycles. The Hall–Kier alpha value is -4.95. The maximum Gasteiger partial charge on any atom is 0.414 e. The van der Waals surface area contributed by atoms with Crippen LogP contribution in [0, 0.1) is 6.92 Å². The maximum atomic E-state index is 14.5. The van der Waals surface area contributed by atoms with Crippen molar-refractivity contribution in [2.24, 2.45) is 0 Å². The summed E-state index contributed by atoms with van der Waals surface area (Å²) in [6.45, 7) is 6.89. The smallest absolute Gasteiger partial charge is 0.414 e. The number of piperazine rings is 1. The number of ether oxygens (including phenoxy) is 3. The highest BCUT2D eigenvalue weighted by atomic mass is 32.2. The summed E-state index contributed by atoms with van der Waals surface area (Å²) in [4.78, 5) is 55.9. The average molecular weight is 709 g/mol. The van der Waals surface area contributed by atoms with Gasteiger partial charge in [-0.25, -0.2) is 27.1 Å². The van der Waals surface area contributed by atoms with Crippen LogP contribution in [-0.4, -0.2) is 98.0 Å². The van der Waals surface area contributed by atoms with E-state index in [9.17, 15) is 27.6 Å². The van der Waals surface area contributed by atoms with Gasteiger partial charge in [-0.3, -0.25) is 4.79 Å². The first kappa shape index (κ1) is 37.9. The molecule has 4 rings (SSSR count). The monoisotopic (exact) mass is 708 g/mol. The van der Waals surface area contributed by atoms with Gasteiger partial charge in [0.2, 0.25) is 0 Å². The summed E-state index contributed by atoms with van der Waals surface area (Å²) in [7, 11) is -1.59. The van der Waals surface area contributed by atoms with Crippen molar-refractivity contribution in [2.45, 2.75) is 63.3 Å². The van der Waals surface area contributed by atoms with E-state index in [1.807, 2.05) is 30.3 Å². The Morgan fingerprint density at radius 3 is 2.16 bits per heavy atom. The number of nitrogens with zero attached hydrogens (tertiary/aromatic N) is 3. The number of nitrogens with one attached hydrogen (secondary N) is 1. The lowest BCUT2D eigenvalue weighted by atomic mass is 10.0. The summed E-state index contributed by atoms with van der Waals surface area (Å²) in [6.07, 6.45) is -1.52. The fourth-order valence-corrected chi connectivity index (χ4v) is 6.62. The van der Waals surface area contributed by atoms with Crippen LogP contribution in [0.1, 0.15) is 37.5 Å². The van der Waals surface area contributed by atoms with Crippen molar-refractivity contribution in [1.82, 2.24) is 19.4 Å². The molecule has 3 aromatic rings.